The Bertz CT molecular complexity index is 647. The van der Waals surface area contributed by atoms with Crippen molar-refractivity contribution in [3.63, 3.8) is 0 Å². The molecule has 0 atom stereocenters. The van der Waals surface area contributed by atoms with Crippen LogP contribution in [0, 0.1) is 6.92 Å². The van der Waals surface area contributed by atoms with E-state index in [-0.39, 0.29) is 11.3 Å². The maximum atomic E-state index is 10.8. The minimum Gasteiger partial charge on any atom is -0.481 e. The molecular formula is C15H20N2O2S. The van der Waals surface area contributed by atoms with E-state index in [4.69, 9.17) is 5.11 Å². The Labute approximate surface area is 123 Å². The molecule has 2 rings (SSSR count). The average Bonchev–Trinajstić information content (AvgIpc) is 2.77. The number of thioether (sulfide) groups is 1. The molecular weight excluding hydrogens is 272 g/mol. The fourth-order valence-corrected chi connectivity index (χ4v) is 3.07. The summed E-state index contributed by atoms with van der Waals surface area (Å²) >= 11 is 1.28. The first-order chi connectivity index (χ1) is 9.36. The van der Waals surface area contributed by atoms with Gasteiger partial charge in [0.25, 0.3) is 0 Å². The minimum atomic E-state index is -0.820. The lowest BCUT2D eigenvalue weighted by Crippen LogP contribution is -2.26. The van der Waals surface area contributed by atoms with E-state index in [1.165, 1.54) is 11.8 Å². The van der Waals surface area contributed by atoms with Gasteiger partial charge in [0.15, 0.2) is 5.16 Å². The molecule has 108 valence electrons. The van der Waals surface area contributed by atoms with Gasteiger partial charge in [-0.25, -0.2) is 4.98 Å². The highest BCUT2D eigenvalue weighted by Gasteiger charge is 2.25. The normalized spacial score (nSPS) is 12.0. The van der Waals surface area contributed by atoms with Gasteiger partial charge in [-0.3, -0.25) is 4.79 Å². The Morgan fingerprint density at radius 1 is 1.45 bits per heavy atom. The molecule has 1 N–H and O–H groups in total. The van der Waals surface area contributed by atoms with E-state index in [0.717, 1.165) is 28.2 Å². The number of aliphatic carboxylic acids is 1. The maximum absolute atomic E-state index is 10.8. The Morgan fingerprint density at radius 3 is 2.75 bits per heavy atom. The van der Waals surface area contributed by atoms with Crippen LogP contribution >= 0.6 is 11.8 Å². The van der Waals surface area contributed by atoms with Crippen LogP contribution in [0.5, 0.6) is 0 Å². The number of hydrogen-bond acceptors (Lipinski definition) is 3. The molecule has 0 saturated heterocycles. The van der Waals surface area contributed by atoms with Crippen molar-refractivity contribution >= 4 is 28.8 Å². The third-order valence-corrected chi connectivity index (χ3v) is 4.57. The van der Waals surface area contributed by atoms with E-state index in [9.17, 15) is 4.79 Å². The molecule has 0 radical (unpaired) electrons. The summed E-state index contributed by atoms with van der Waals surface area (Å²) in [4.78, 5) is 15.5. The zero-order valence-corrected chi connectivity index (χ0v) is 13.1. The third kappa shape index (κ3) is 2.68. The van der Waals surface area contributed by atoms with E-state index >= 15 is 0 Å². The summed E-state index contributed by atoms with van der Waals surface area (Å²) in [6.45, 7) is 8.47. The first kappa shape index (κ1) is 14.9. The van der Waals surface area contributed by atoms with Crippen molar-refractivity contribution < 1.29 is 9.90 Å². The van der Waals surface area contributed by atoms with Crippen LogP contribution in [0.3, 0.4) is 0 Å². The molecule has 0 saturated carbocycles. The summed E-state index contributed by atoms with van der Waals surface area (Å²) in [5.41, 5.74) is 3.06. The number of hydrogen-bond donors (Lipinski definition) is 1. The largest absolute Gasteiger partial charge is 0.481 e. The number of benzene rings is 1. The molecule has 0 amide bonds. The van der Waals surface area contributed by atoms with E-state index in [1.54, 1.807) is 0 Å². The van der Waals surface area contributed by atoms with Crippen LogP contribution in [0.2, 0.25) is 0 Å². The first-order valence-corrected chi connectivity index (χ1v) is 7.68. The number of aromatic nitrogens is 2. The number of carboxylic acid groups (broad SMARTS) is 1. The molecule has 0 bridgehead atoms. The molecule has 5 heteroatoms. The molecule has 1 aromatic carbocycles. The van der Waals surface area contributed by atoms with Gasteiger partial charge in [0, 0.05) is 5.54 Å². The standard InChI is InChI=1S/C15H20N2O2S/c1-5-15(3,4)17-11-8-6-7-10(2)13(11)16-14(17)20-9-12(18)19/h6-8H,5,9H2,1-4H3,(H,18,19). The predicted octanol–water partition coefficient (Wildman–Crippen LogP) is 3.67. The summed E-state index contributed by atoms with van der Waals surface area (Å²) in [5, 5.41) is 9.68. The van der Waals surface area contributed by atoms with E-state index < -0.39 is 5.97 Å². The van der Waals surface area contributed by atoms with Crippen LogP contribution in [0.25, 0.3) is 11.0 Å². The van der Waals surface area contributed by atoms with Crippen molar-refractivity contribution in [3.05, 3.63) is 23.8 Å². The Hall–Kier alpha value is -1.49. The number of para-hydroxylation sites is 1. The SMILES string of the molecule is CCC(C)(C)n1c(SCC(=O)O)nc2c(C)cccc21. The second kappa shape index (κ2) is 5.48. The number of imidazole rings is 1. The minimum absolute atomic E-state index is 0.0299. The molecule has 2 aromatic rings. The van der Waals surface area contributed by atoms with Crippen molar-refractivity contribution in [2.75, 3.05) is 5.75 Å². The van der Waals surface area contributed by atoms with Gasteiger partial charge >= 0.3 is 5.97 Å². The number of rotatable bonds is 5. The summed E-state index contributed by atoms with van der Waals surface area (Å²) in [5.74, 6) is -0.790. The molecule has 1 aromatic heterocycles. The molecule has 0 spiro atoms. The van der Waals surface area contributed by atoms with Gasteiger partial charge in [-0.1, -0.05) is 30.8 Å². The van der Waals surface area contributed by atoms with Crippen LogP contribution < -0.4 is 0 Å². The summed E-state index contributed by atoms with van der Waals surface area (Å²) in [6.07, 6.45) is 0.951. The second-order valence-electron chi connectivity index (χ2n) is 5.52. The quantitative estimate of drug-likeness (QED) is 0.854. The highest BCUT2D eigenvalue weighted by molar-refractivity contribution is 7.99. The van der Waals surface area contributed by atoms with Crippen LogP contribution in [0.1, 0.15) is 32.8 Å². The molecule has 4 nitrogen and oxygen atoms in total. The highest BCUT2D eigenvalue weighted by Crippen LogP contribution is 2.33. The number of aryl methyl sites for hydroxylation is 1. The molecule has 0 unspecified atom stereocenters. The van der Waals surface area contributed by atoms with Crippen LogP contribution in [-0.4, -0.2) is 26.4 Å². The summed E-state index contributed by atoms with van der Waals surface area (Å²) in [7, 11) is 0. The lowest BCUT2D eigenvalue weighted by Gasteiger charge is -2.27. The number of nitrogens with zero attached hydrogens (tertiary/aromatic N) is 2. The van der Waals surface area contributed by atoms with Gasteiger partial charge in [-0.05, 0) is 38.8 Å². The molecule has 20 heavy (non-hydrogen) atoms. The van der Waals surface area contributed by atoms with Gasteiger partial charge < -0.3 is 9.67 Å². The molecule has 0 aliphatic carbocycles. The van der Waals surface area contributed by atoms with Crippen LogP contribution in [0.4, 0.5) is 0 Å². The van der Waals surface area contributed by atoms with E-state index in [2.05, 4.69) is 36.4 Å². The lowest BCUT2D eigenvalue weighted by molar-refractivity contribution is -0.133. The summed E-state index contributed by atoms with van der Waals surface area (Å²) in [6, 6.07) is 6.11. The van der Waals surface area contributed by atoms with E-state index in [1.807, 2.05) is 19.1 Å². The smallest absolute Gasteiger partial charge is 0.313 e. The van der Waals surface area contributed by atoms with Gasteiger partial charge in [-0.2, -0.15) is 0 Å². The lowest BCUT2D eigenvalue weighted by atomic mass is 10.0. The zero-order chi connectivity index (χ0) is 14.9. The first-order valence-electron chi connectivity index (χ1n) is 6.70. The fourth-order valence-electron chi connectivity index (χ4n) is 2.18. The zero-order valence-electron chi connectivity index (χ0n) is 12.3. The molecule has 0 aliphatic rings. The predicted molar refractivity (Wildman–Crippen MR) is 82.4 cm³/mol. The molecule has 1 heterocycles. The molecule has 0 fully saturated rings. The van der Waals surface area contributed by atoms with Gasteiger partial charge in [0.2, 0.25) is 0 Å². The van der Waals surface area contributed by atoms with Crippen LogP contribution in [0.15, 0.2) is 23.4 Å². The van der Waals surface area contributed by atoms with Crippen molar-refractivity contribution in [3.8, 4) is 0 Å². The van der Waals surface area contributed by atoms with Crippen molar-refractivity contribution in [2.24, 2.45) is 0 Å². The van der Waals surface area contributed by atoms with Gasteiger partial charge in [-0.15, -0.1) is 0 Å². The van der Waals surface area contributed by atoms with Crippen molar-refractivity contribution in [1.29, 1.82) is 0 Å². The monoisotopic (exact) mass is 292 g/mol. The van der Waals surface area contributed by atoms with Crippen LogP contribution in [-0.2, 0) is 10.3 Å². The Morgan fingerprint density at radius 2 is 2.15 bits per heavy atom. The van der Waals surface area contributed by atoms with Crippen molar-refractivity contribution in [2.45, 2.75) is 44.8 Å². The maximum Gasteiger partial charge on any atom is 0.313 e. The fraction of sp³-hybridized carbons (Fsp3) is 0.467. The van der Waals surface area contributed by atoms with Gasteiger partial charge in [0.05, 0.1) is 16.8 Å². The van der Waals surface area contributed by atoms with E-state index in [0.29, 0.717) is 0 Å². The Kier molecular flexibility index (Phi) is 4.09. The average molecular weight is 292 g/mol. The Balaban J connectivity index is 2.63. The number of fused-ring (bicyclic) bond motifs is 1. The number of carbonyl (C=O) groups is 1. The summed E-state index contributed by atoms with van der Waals surface area (Å²) < 4.78 is 2.17. The third-order valence-electron chi connectivity index (χ3n) is 3.65. The number of carboxylic acids is 1. The topological polar surface area (TPSA) is 55.1 Å². The molecule has 0 aliphatic heterocycles. The highest BCUT2D eigenvalue weighted by atomic mass is 32.2. The second-order valence-corrected chi connectivity index (χ2v) is 6.46. The van der Waals surface area contributed by atoms with Gasteiger partial charge in [0.1, 0.15) is 0 Å². The van der Waals surface area contributed by atoms with Crippen molar-refractivity contribution in [1.82, 2.24) is 9.55 Å².